The standard InChI is InChI=1S/C18H12Cl2N2OS/c19-14-6-3-7-15(20)16(14)21-18(24)22-17(23)13-9-8-11-4-1-2-5-12(11)10-13/h1-10H,(H2,21,22,23,24). The zero-order valence-electron chi connectivity index (χ0n) is 12.3. The maximum absolute atomic E-state index is 12.4. The number of rotatable bonds is 2. The Labute approximate surface area is 154 Å². The minimum absolute atomic E-state index is 0.128. The smallest absolute Gasteiger partial charge is 0.257 e. The van der Waals surface area contributed by atoms with Crippen LogP contribution in [0.25, 0.3) is 10.8 Å². The Balaban J connectivity index is 1.74. The number of amides is 1. The molecule has 0 saturated heterocycles. The van der Waals surface area contributed by atoms with Crippen molar-refractivity contribution in [1.82, 2.24) is 5.32 Å². The quantitative estimate of drug-likeness (QED) is 0.600. The van der Waals surface area contributed by atoms with Crippen LogP contribution >= 0.6 is 35.4 Å². The molecular formula is C18H12Cl2N2OS. The van der Waals surface area contributed by atoms with Gasteiger partial charge in [0.05, 0.1) is 15.7 Å². The molecule has 120 valence electrons. The Hall–Kier alpha value is -2.14. The summed E-state index contributed by atoms with van der Waals surface area (Å²) < 4.78 is 0. The van der Waals surface area contributed by atoms with Crippen molar-refractivity contribution < 1.29 is 4.79 Å². The second kappa shape index (κ2) is 7.18. The van der Waals surface area contributed by atoms with E-state index in [1.54, 1.807) is 24.3 Å². The van der Waals surface area contributed by atoms with E-state index < -0.39 is 0 Å². The average Bonchev–Trinajstić information content (AvgIpc) is 2.58. The van der Waals surface area contributed by atoms with Crippen molar-refractivity contribution in [3.8, 4) is 0 Å². The number of nitrogens with one attached hydrogen (secondary N) is 2. The van der Waals surface area contributed by atoms with Crippen molar-refractivity contribution >= 4 is 62.9 Å². The normalized spacial score (nSPS) is 10.4. The van der Waals surface area contributed by atoms with Crippen LogP contribution in [0.15, 0.2) is 60.7 Å². The first-order chi connectivity index (χ1) is 11.5. The van der Waals surface area contributed by atoms with Gasteiger partial charge < -0.3 is 5.32 Å². The number of para-hydroxylation sites is 1. The van der Waals surface area contributed by atoms with Gasteiger partial charge in [0.1, 0.15) is 0 Å². The van der Waals surface area contributed by atoms with Gasteiger partial charge in [0.25, 0.3) is 5.91 Å². The van der Waals surface area contributed by atoms with Gasteiger partial charge in [-0.15, -0.1) is 0 Å². The van der Waals surface area contributed by atoms with E-state index in [4.69, 9.17) is 35.4 Å². The largest absolute Gasteiger partial charge is 0.330 e. The lowest BCUT2D eigenvalue weighted by atomic mass is 10.1. The summed E-state index contributed by atoms with van der Waals surface area (Å²) in [6, 6.07) is 18.4. The first-order valence-corrected chi connectivity index (χ1v) is 8.26. The maximum Gasteiger partial charge on any atom is 0.257 e. The fourth-order valence-electron chi connectivity index (χ4n) is 2.27. The molecule has 3 nitrogen and oxygen atoms in total. The highest BCUT2D eigenvalue weighted by Crippen LogP contribution is 2.29. The van der Waals surface area contributed by atoms with Crippen LogP contribution in [0.2, 0.25) is 10.0 Å². The Morgan fingerprint density at radius 2 is 1.54 bits per heavy atom. The van der Waals surface area contributed by atoms with Crippen molar-refractivity contribution in [1.29, 1.82) is 0 Å². The Morgan fingerprint density at radius 3 is 2.25 bits per heavy atom. The molecule has 0 atom stereocenters. The summed E-state index contributed by atoms with van der Waals surface area (Å²) in [5, 5.41) is 8.50. The number of hydrogen-bond acceptors (Lipinski definition) is 2. The van der Waals surface area contributed by atoms with Gasteiger partial charge in [-0.3, -0.25) is 10.1 Å². The molecule has 0 radical (unpaired) electrons. The molecule has 24 heavy (non-hydrogen) atoms. The SMILES string of the molecule is O=C(NC(=S)Nc1c(Cl)cccc1Cl)c1ccc2ccccc2c1. The summed E-state index contributed by atoms with van der Waals surface area (Å²) in [6.45, 7) is 0. The molecule has 1 amide bonds. The van der Waals surface area contributed by atoms with E-state index in [0.29, 0.717) is 21.3 Å². The van der Waals surface area contributed by atoms with E-state index in [2.05, 4.69) is 10.6 Å². The lowest BCUT2D eigenvalue weighted by molar-refractivity contribution is 0.0978. The van der Waals surface area contributed by atoms with Crippen LogP contribution in [-0.2, 0) is 0 Å². The van der Waals surface area contributed by atoms with Gasteiger partial charge in [-0.25, -0.2) is 0 Å². The molecule has 0 aliphatic carbocycles. The summed E-state index contributed by atoms with van der Waals surface area (Å²) >= 11 is 17.3. The molecule has 0 spiro atoms. The van der Waals surface area contributed by atoms with E-state index in [1.807, 2.05) is 36.4 Å². The molecule has 3 aromatic carbocycles. The summed E-state index contributed by atoms with van der Waals surface area (Å²) in [7, 11) is 0. The fourth-order valence-corrected chi connectivity index (χ4v) is 2.95. The number of hydrogen-bond donors (Lipinski definition) is 2. The second-order valence-electron chi connectivity index (χ2n) is 5.07. The van der Waals surface area contributed by atoms with Crippen LogP contribution < -0.4 is 10.6 Å². The molecule has 3 aromatic rings. The third-order valence-electron chi connectivity index (χ3n) is 3.44. The number of carbonyl (C=O) groups excluding carboxylic acids is 1. The Morgan fingerprint density at radius 1 is 0.875 bits per heavy atom. The summed E-state index contributed by atoms with van der Waals surface area (Å²) in [4.78, 5) is 12.4. The van der Waals surface area contributed by atoms with Crippen LogP contribution in [0.5, 0.6) is 0 Å². The number of carbonyl (C=O) groups is 1. The monoisotopic (exact) mass is 374 g/mol. The highest BCUT2D eigenvalue weighted by Gasteiger charge is 2.11. The minimum atomic E-state index is -0.304. The van der Waals surface area contributed by atoms with Gasteiger partial charge in [-0.2, -0.15) is 0 Å². The minimum Gasteiger partial charge on any atom is -0.330 e. The summed E-state index contributed by atoms with van der Waals surface area (Å²) in [6.07, 6.45) is 0. The van der Waals surface area contributed by atoms with E-state index in [0.717, 1.165) is 10.8 Å². The topological polar surface area (TPSA) is 41.1 Å². The molecule has 0 saturated carbocycles. The maximum atomic E-state index is 12.4. The van der Waals surface area contributed by atoms with Crippen LogP contribution in [0.3, 0.4) is 0 Å². The molecule has 0 unspecified atom stereocenters. The second-order valence-corrected chi connectivity index (χ2v) is 6.29. The third kappa shape index (κ3) is 3.67. The van der Waals surface area contributed by atoms with E-state index in [1.165, 1.54) is 0 Å². The summed E-state index contributed by atoms with van der Waals surface area (Å²) in [5.74, 6) is -0.304. The van der Waals surface area contributed by atoms with Gasteiger partial charge >= 0.3 is 0 Å². The molecule has 0 heterocycles. The first-order valence-electron chi connectivity index (χ1n) is 7.10. The average molecular weight is 375 g/mol. The Kier molecular flexibility index (Phi) is 5.00. The van der Waals surface area contributed by atoms with Crippen molar-refractivity contribution in [2.75, 3.05) is 5.32 Å². The number of fused-ring (bicyclic) bond motifs is 1. The van der Waals surface area contributed by atoms with Crippen LogP contribution in [0.1, 0.15) is 10.4 Å². The van der Waals surface area contributed by atoms with Crippen LogP contribution in [0.4, 0.5) is 5.69 Å². The number of thiocarbonyl (C=S) groups is 1. The highest BCUT2D eigenvalue weighted by molar-refractivity contribution is 7.80. The molecule has 3 rings (SSSR count). The molecule has 0 aliphatic rings. The zero-order valence-corrected chi connectivity index (χ0v) is 14.7. The third-order valence-corrected chi connectivity index (χ3v) is 4.27. The number of benzene rings is 3. The number of anilines is 1. The summed E-state index contributed by atoms with van der Waals surface area (Å²) in [5.41, 5.74) is 0.979. The van der Waals surface area contributed by atoms with Crippen molar-refractivity contribution in [2.45, 2.75) is 0 Å². The lowest BCUT2D eigenvalue weighted by Gasteiger charge is -2.12. The number of halogens is 2. The molecule has 2 N–H and O–H groups in total. The molecule has 0 fully saturated rings. The lowest BCUT2D eigenvalue weighted by Crippen LogP contribution is -2.34. The van der Waals surface area contributed by atoms with Gasteiger partial charge in [-0.1, -0.05) is 59.6 Å². The predicted octanol–water partition coefficient (Wildman–Crippen LogP) is 5.27. The molecule has 0 bridgehead atoms. The van der Waals surface area contributed by atoms with E-state index in [9.17, 15) is 4.79 Å². The highest BCUT2D eigenvalue weighted by atomic mass is 35.5. The van der Waals surface area contributed by atoms with Gasteiger partial charge in [0, 0.05) is 5.56 Å². The first kappa shape index (κ1) is 16.7. The van der Waals surface area contributed by atoms with E-state index >= 15 is 0 Å². The predicted molar refractivity (Wildman–Crippen MR) is 104 cm³/mol. The van der Waals surface area contributed by atoms with Gasteiger partial charge in [-0.05, 0) is 47.3 Å². The zero-order chi connectivity index (χ0) is 17.1. The fraction of sp³-hybridized carbons (Fsp3) is 0. The molecule has 6 heteroatoms. The van der Waals surface area contributed by atoms with Crippen molar-refractivity contribution in [3.63, 3.8) is 0 Å². The molecule has 0 aliphatic heterocycles. The van der Waals surface area contributed by atoms with Crippen molar-refractivity contribution in [3.05, 3.63) is 76.3 Å². The van der Waals surface area contributed by atoms with Gasteiger partial charge in [0.2, 0.25) is 0 Å². The van der Waals surface area contributed by atoms with Gasteiger partial charge in [0.15, 0.2) is 5.11 Å². The molecular weight excluding hydrogens is 363 g/mol. The van der Waals surface area contributed by atoms with Crippen molar-refractivity contribution in [2.24, 2.45) is 0 Å². The van der Waals surface area contributed by atoms with Crippen LogP contribution in [0, 0.1) is 0 Å². The van der Waals surface area contributed by atoms with E-state index in [-0.39, 0.29) is 11.0 Å². The molecule has 0 aromatic heterocycles. The van der Waals surface area contributed by atoms with Crippen LogP contribution in [-0.4, -0.2) is 11.0 Å². The Bertz CT molecular complexity index is 923.